The maximum absolute atomic E-state index is 12.6. The zero-order valence-electron chi connectivity index (χ0n) is 13.5. The van der Waals surface area contributed by atoms with Gasteiger partial charge in [-0.25, -0.2) is 4.79 Å². The minimum Gasteiger partial charge on any atom is -0.462 e. The number of aryl methyl sites for hydroxylation is 1. The lowest BCUT2D eigenvalue weighted by Gasteiger charge is -2.20. The minimum atomic E-state index is -0.397. The van der Waals surface area contributed by atoms with Gasteiger partial charge in [-0.05, 0) is 40.2 Å². The van der Waals surface area contributed by atoms with Gasteiger partial charge in [-0.1, -0.05) is 12.2 Å². The Bertz CT molecular complexity index is 558. The van der Waals surface area contributed by atoms with Crippen molar-refractivity contribution in [3.63, 3.8) is 0 Å². The van der Waals surface area contributed by atoms with Crippen LogP contribution in [0.25, 0.3) is 0 Å². The quantitative estimate of drug-likeness (QED) is 0.648. The van der Waals surface area contributed by atoms with Crippen LogP contribution >= 0.6 is 0 Å². The number of hydrogen-bond donors (Lipinski definition) is 1. The number of esters is 1. The van der Waals surface area contributed by atoms with Gasteiger partial charge in [-0.15, -0.1) is 0 Å². The molecule has 0 bridgehead atoms. The molecule has 0 fully saturated rings. The summed E-state index contributed by atoms with van der Waals surface area (Å²) in [6.07, 6.45) is 0. The fraction of sp³-hybridized carbons (Fsp3) is 0.500. The molecule has 21 heavy (non-hydrogen) atoms. The lowest BCUT2D eigenvalue weighted by atomic mass is 10.1. The predicted octanol–water partition coefficient (Wildman–Crippen LogP) is 2.85. The van der Waals surface area contributed by atoms with Gasteiger partial charge >= 0.3 is 5.97 Å². The number of nitrogens with one attached hydrogen (secondary N) is 1. The molecule has 1 amide bonds. The van der Waals surface area contributed by atoms with Crippen LogP contribution in [0, 0.1) is 13.8 Å². The molecule has 0 aliphatic rings. The van der Waals surface area contributed by atoms with Crippen molar-refractivity contribution in [2.45, 2.75) is 34.6 Å². The number of aromatic amines is 1. The number of likely N-dealkylation sites (N-methyl/N-ethyl adjacent to an activating group) is 1. The highest BCUT2D eigenvalue weighted by molar-refractivity contribution is 6.00. The number of rotatable bonds is 6. The van der Waals surface area contributed by atoms with Crippen molar-refractivity contribution in [1.29, 1.82) is 0 Å². The highest BCUT2D eigenvalue weighted by Crippen LogP contribution is 2.20. The Morgan fingerprint density at radius 3 is 2.38 bits per heavy atom. The molecule has 0 aromatic carbocycles. The molecule has 1 rings (SSSR count). The molecule has 0 saturated carbocycles. The Hall–Kier alpha value is -2.04. The topological polar surface area (TPSA) is 62.4 Å². The molecule has 0 aliphatic carbocycles. The third-order valence-electron chi connectivity index (χ3n) is 3.26. The Morgan fingerprint density at radius 2 is 1.90 bits per heavy atom. The largest absolute Gasteiger partial charge is 0.462 e. The first-order valence-corrected chi connectivity index (χ1v) is 7.13. The van der Waals surface area contributed by atoms with Crippen molar-refractivity contribution in [3.05, 3.63) is 34.7 Å². The van der Waals surface area contributed by atoms with Gasteiger partial charge < -0.3 is 14.6 Å². The summed E-state index contributed by atoms with van der Waals surface area (Å²) in [6.45, 7) is 14.3. The van der Waals surface area contributed by atoms with Gasteiger partial charge in [0.05, 0.1) is 12.2 Å². The minimum absolute atomic E-state index is 0.128. The summed E-state index contributed by atoms with van der Waals surface area (Å²) in [7, 11) is 0. The summed E-state index contributed by atoms with van der Waals surface area (Å²) in [6, 6.07) is 0. The summed E-state index contributed by atoms with van der Waals surface area (Å²) in [4.78, 5) is 29.2. The van der Waals surface area contributed by atoms with Gasteiger partial charge in [0.2, 0.25) is 0 Å². The predicted molar refractivity (Wildman–Crippen MR) is 82.6 cm³/mol. The van der Waals surface area contributed by atoms with Gasteiger partial charge in [0.1, 0.15) is 5.69 Å². The Labute approximate surface area is 126 Å². The van der Waals surface area contributed by atoms with E-state index in [-0.39, 0.29) is 5.91 Å². The smallest absolute Gasteiger partial charge is 0.340 e. The lowest BCUT2D eigenvalue weighted by molar-refractivity contribution is 0.0525. The first-order valence-electron chi connectivity index (χ1n) is 7.13. The van der Waals surface area contributed by atoms with Crippen LogP contribution in [0.2, 0.25) is 0 Å². The average Bonchev–Trinajstić information content (AvgIpc) is 2.70. The van der Waals surface area contributed by atoms with Gasteiger partial charge in [0.15, 0.2) is 0 Å². The van der Waals surface area contributed by atoms with E-state index >= 15 is 0 Å². The van der Waals surface area contributed by atoms with Crippen LogP contribution in [0.1, 0.15) is 52.9 Å². The van der Waals surface area contributed by atoms with Crippen LogP contribution in [-0.4, -0.2) is 41.5 Å². The average molecular weight is 292 g/mol. The second kappa shape index (κ2) is 7.11. The third-order valence-corrected chi connectivity index (χ3v) is 3.26. The maximum Gasteiger partial charge on any atom is 0.340 e. The molecular formula is C16H24N2O3. The maximum atomic E-state index is 12.6. The first-order chi connectivity index (χ1) is 9.83. The highest BCUT2D eigenvalue weighted by atomic mass is 16.5. The molecule has 1 N–H and O–H groups in total. The third kappa shape index (κ3) is 3.74. The fourth-order valence-electron chi connectivity index (χ4n) is 2.28. The van der Waals surface area contributed by atoms with Crippen molar-refractivity contribution in [1.82, 2.24) is 9.88 Å². The molecule has 5 nitrogen and oxygen atoms in total. The summed E-state index contributed by atoms with van der Waals surface area (Å²) in [5, 5.41) is 0. The zero-order chi connectivity index (χ0) is 16.2. The highest BCUT2D eigenvalue weighted by Gasteiger charge is 2.25. The van der Waals surface area contributed by atoms with E-state index < -0.39 is 5.97 Å². The Morgan fingerprint density at radius 1 is 1.29 bits per heavy atom. The second-order valence-electron chi connectivity index (χ2n) is 5.12. The lowest BCUT2D eigenvalue weighted by Crippen LogP contribution is -2.32. The van der Waals surface area contributed by atoms with Gasteiger partial charge in [-0.2, -0.15) is 0 Å². The monoisotopic (exact) mass is 292 g/mol. The molecule has 0 saturated heterocycles. The molecule has 0 aliphatic heterocycles. The SMILES string of the molecule is C=C(C)CN(CC)C(=O)c1[nH]c(C)c(C(=O)OCC)c1C. The second-order valence-corrected chi connectivity index (χ2v) is 5.12. The van der Waals surface area contributed by atoms with E-state index in [9.17, 15) is 9.59 Å². The molecule has 1 aromatic rings. The number of nitrogens with zero attached hydrogens (tertiary/aromatic N) is 1. The van der Waals surface area contributed by atoms with Crippen LogP contribution < -0.4 is 0 Å². The van der Waals surface area contributed by atoms with Gasteiger partial charge in [0, 0.05) is 18.8 Å². The van der Waals surface area contributed by atoms with Crippen LogP contribution in [0.5, 0.6) is 0 Å². The van der Waals surface area contributed by atoms with Crippen molar-refractivity contribution in [2.24, 2.45) is 0 Å². The first kappa shape index (κ1) is 17.0. The van der Waals surface area contributed by atoms with Crippen molar-refractivity contribution >= 4 is 11.9 Å². The van der Waals surface area contributed by atoms with Crippen molar-refractivity contribution in [2.75, 3.05) is 19.7 Å². The zero-order valence-corrected chi connectivity index (χ0v) is 13.5. The van der Waals surface area contributed by atoms with E-state index in [2.05, 4.69) is 11.6 Å². The molecule has 1 heterocycles. The number of amides is 1. The van der Waals surface area contributed by atoms with E-state index in [1.54, 1.807) is 25.7 Å². The molecule has 1 aromatic heterocycles. The molecule has 0 radical (unpaired) electrons. The number of carbonyl (C=O) groups excluding carboxylic acids is 2. The molecular weight excluding hydrogens is 268 g/mol. The Balaban J connectivity index is 3.14. The van der Waals surface area contributed by atoms with Crippen molar-refractivity contribution in [3.8, 4) is 0 Å². The number of carbonyl (C=O) groups is 2. The van der Waals surface area contributed by atoms with E-state index in [1.165, 1.54) is 0 Å². The van der Waals surface area contributed by atoms with Crippen LogP contribution in [0.15, 0.2) is 12.2 Å². The van der Waals surface area contributed by atoms with E-state index in [1.807, 2.05) is 13.8 Å². The summed E-state index contributed by atoms with van der Waals surface area (Å²) >= 11 is 0. The number of aromatic nitrogens is 1. The van der Waals surface area contributed by atoms with Gasteiger partial charge in [0.25, 0.3) is 5.91 Å². The normalized spacial score (nSPS) is 10.3. The van der Waals surface area contributed by atoms with E-state index in [4.69, 9.17) is 4.74 Å². The molecule has 0 atom stereocenters. The number of hydrogen-bond acceptors (Lipinski definition) is 3. The summed E-state index contributed by atoms with van der Waals surface area (Å²) in [5.41, 5.74) is 3.10. The fourth-order valence-corrected chi connectivity index (χ4v) is 2.28. The van der Waals surface area contributed by atoms with Crippen LogP contribution in [0.4, 0.5) is 0 Å². The Kier molecular flexibility index (Phi) is 5.76. The summed E-state index contributed by atoms with van der Waals surface area (Å²) < 4.78 is 5.04. The van der Waals surface area contributed by atoms with Gasteiger partial charge in [-0.3, -0.25) is 4.79 Å². The standard InChI is InChI=1S/C16H24N2O3/c1-7-18(9-10(3)4)15(19)14-11(5)13(12(6)17-14)16(20)21-8-2/h17H,3,7-9H2,1-2,4-6H3. The van der Waals surface area contributed by atoms with E-state index in [0.717, 1.165) is 5.57 Å². The molecule has 0 unspecified atom stereocenters. The molecule has 116 valence electrons. The number of ether oxygens (including phenoxy) is 1. The van der Waals surface area contributed by atoms with E-state index in [0.29, 0.717) is 42.2 Å². The molecule has 5 heteroatoms. The van der Waals surface area contributed by atoms with Crippen LogP contribution in [-0.2, 0) is 4.74 Å². The van der Waals surface area contributed by atoms with Crippen LogP contribution in [0.3, 0.4) is 0 Å². The van der Waals surface area contributed by atoms with Crippen molar-refractivity contribution < 1.29 is 14.3 Å². The summed E-state index contributed by atoms with van der Waals surface area (Å²) in [5.74, 6) is -0.526. The number of H-pyrrole nitrogens is 1. The molecule has 0 spiro atoms.